The summed E-state index contributed by atoms with van der Waals surface area (Å²) in [5, 5.41) is 15.9. The predicted molar refractivity (Wildman–Crippen MR) is 122 cm³/mol. The summed E-state index contributed by atoms with van der Waals surface area (Å²) in [5.74, 6) is -1.29. The summed E-state index contributed by atoms with van der Waals surface area (Å²) in [6.07, 6.45) is -2.09. The molecule has 0 aliphatic carbocycles. The average molecular weight is 450 g/mol. The molecule has 172 valence electrons. The van der Waals surface area contributed by atoms with E-state index < -0.39 is 30.1 Å². The fraction of sp³-hybridized carbons (Fsp3) is 0.250. The summed E-state index contributed by atoms with van der Waals surface area (Å²) in [5.41, 5.74) is 7.63. The van der Waals surface area contributed by atoms with E-state index in [1.807, 2.05) is 60.7 Å². The Morgan fingerprint density at radius 2 is 1.73 bits per heavy atom. The van der Waals surface area contributed by atoms with Crippen molar-refractivity contribution < 1.29 is 24.2 Å². The Morgan fingerprint density at radius 3 is 2.48 bits per heavy atom. The number of hydrogen-bond acceptors (Lipinski definition) is 6. The highest BCUT2D eigenvalue weighted by atomic mass is 16.5. The third-order valence-corrected chi connectivity index (χ3v) is 4.86. The molecule has 0 unspecified atom stereocenters. The van der Waals surface area contributed by atoms with Crippen LogP contribution in [0, 0.1) is 0 Å². The minimum absolute atomic E-state index is 0.0896. The number of alkyl carbamates (subject to hydrolysis) is 1. The van der Waals surface area contributed by atoms with Crippen LogP contribution in [0.25, 0.3) is 10.9 Å². The lowest BCUT2D eigenvalue weighted by Crippen LogP contribution is -2.47. The van der Waals surface area contributed by atoms with Crippen LogP contribution in [0.5, 0.6) is 0 Å². The third kappa shape index (κ3) is 7.58. The van der Waals surface area contributed by atoms with Gasteiger partial charge in [-0.3, -0.25) is 14.6 Å². The van der Waals surface area contributed by atoms with Crippen LogP contribution in [0.2, 0.25) is 0 Å². The van der Waals surface area contributed by atoms with E-state index in [2.05, 4.69) is 15.6 Å². The number of primary amides is 1. The molecular formula is C24H26N4O5. The lowest BCUT2D eigenvalue weighted by Gasteiger charge is -2.17. The number of aliphatic hydroxyl groups is 1. The second kappa shape index (κ2) is 11.6. The van der Waals surface area contributed by atoms with Crippen molar-refractivity contribution in [1.82, 2.24) is 15.6 Å². The number of pyridine rings is 1. The highest BCUT2D eigenvalue weighted by Crippen LogP contribution is 2.13. The zero-order valence-electron chi connectivity index (χ0n) is 17.9. The molecule has 3 amide bonds. The number of para-hydroxylation sites is 1. The Morgan fingerprint density at radius 1 is 1.00 bits per heavy atom. The second-order valence-corrected chi connectivity index (χ2v) is 7.52. The van der Waals surface area contributed by atoms with Gasteiger partial charge in [0.05, 0.1) is 18.0 Å². The van der Waals surface area contributed by atoms with Crippen molar-refractivity contribution in [3.05, 3.63) is 78.0 Å². The van der Waals surface area contributed by atoms with Crippen molar-refractivity contribution in [2.45, 2.75) is 31.6 Å². The van der Waals surface area contributed by atoms with Gasteiger partial charge in [0.15, 0.2) is 0 Å². The number of benzene rings is 2. The van der Waals surface area contributed by atoms with Gasteiger partial charge in [-0.1, -0.05) is 54.6 Å². The van der Waals surface area contributed by atoms with E-state index in [0.717, 1.165) is 16.5 Å². The van der Waals surface area contributed by atoms with E-state index in [-0.39, 0.29) is 26.0 Å². The summed E-state index contributed by atoms with van der Waals surface area (Å²) >= 11 is 0. The molecule has 0 saturated heterocycles. The number of nitrogens with two attached hydrogens (primary N) is 1. The molecule has 0 radical (unpaired) electrons. The topological polar surface area (TPSA) is 144 Å². The van der Waals surface area contributed by atoms with E-state index in [1.165, 1.54) is 0 Å². The number of amides is 3. The standard InChI is InChI=1S/C24H26N4O5/c25-23(31)21(12-18-11-10-17-8-4-5-9-20(17)27-18)28-22(30)13-19(29)14-26-24(32)33-15-16-6-2-1-3-7-16/h1-11,19,21,29H,12-15H2,(H2,25,31)(H,26,32)(H,28,30)/t19-,21-/m1/s1. The fourth-order valence-electron chi connectivity index (χ4n) is 3.17. The van der Waals surface area contributed by atoms with Crippen LogP contribution < -0.4 is 16.4 Å². The van der Waals surface area contributed by atoms with Gasteiger partial charge in [0, 0.05) is 24.0 Å². The number of nitrogens with one attached hydrogen (secondary N) is 2. The first-order valence-corrected chi connectivity index (χ1v) is 10.5. The van der Waals surface area contributed by atoms with Gasteiger partial charge in [0.2, 0.25) is 11.8 Å². The minimum atomic E-state index is -1.17. The molecule has 0 aliphatic rings. The lowest BCUT2D eigenvalue weighted by atomic mass is 10.1. The number of hydrogen-bond donors (Lipinski definition) is 4. The largest absolute Gasteiger partial charge is 0.445 e. The first kappa shape index (κ1) is 23.7. The van der Waals surface area contributed by atoms with Gasteiger partial charge in [-0.2, -0.15) is 0 Å². The number of aromatic nitrogens is 1. The molecule has 33 heavy (non-hydrogen) atoms. The molecule has 9 nitrogen and oxygen atoms in total. The van der Waals surface area contributed by atoms with Crippen molar-refractivity contribution in [3.8, 4) is 0 Å². The maximum Gasteiger partial charge on any atom is 0.407 e. The van der Waals surface area contributed by atoms with Crippen LogP contribution >= 0.6 is 0 Å². The molecule has 0 aliphatic heterocycles. The first-order valence-electron chi connectivity index (χ1n) is 10.5. The maximum absolute atomic E-state index is 12.3. The number of carbonyl (C=O) groups is 3. The monoisotopic (exact) mass is 450 g/mol. The molecule has 9 heteroatoms. The van der Waals surface area contributed by atoms with E-state index in [9.17, 15) is 19.5 Å². The molecule has 0 spiro atoms. The molecule has 1 heterocycles. The molecule has 0 bridgehead atoms. The van der Waals surface area contributed by atoms with Crippen LogP contribution in [0.4, 0.5) is 4.79 Å². The number of nitrogens with zero attached hydrogens (tertiary/aromatic N) is 1. The lowest BCUT2D eigenvalue weighted by molar-refractivity contribution is -0.128. The molecule has 0 fully saturated rings. The van der Waals surface area contributed by atoms with Gasteiger partial charge >= 0.3 is 6.09 Å². The van der Waals surface area contributed by atoms with Crippen molar-refractivity contribution in [3.63, 3.8) is 0 Å². The zero-order valence-corrected chi connectivity index (χ0v) is 17.9. The SMILES string of the molecule is NC(=O)[C@@H](Cc1ccc2ccccc2n1)NC(=O)C[C@@H](O)CNC(=O)OCc1ccccc1. The van der Waals surface area contributed by atoms with Gasteiger partial charge in [0.1, 0.15) is 12.6 Å². The fourth-order valence-corrected chi connectivity index (χ4v) is 3.17. The van der Waals surface area contributed by atoms with Crippen LogP contribution in [0.15, 0.2) is 66.7 Å². The Labute approximate surface area is 191 Å². The van der Waals surface area contributed by atoms with Crippen molar-refractivity contribution >= 4 is 28.8 Å². The quantitative estimate of drug-likeness (QED) is 0.368. The summed E-state index contributed by atoms with van der Waals surface area (Å²) in [6.45, 7) is -0.0964. The highest BCUT2D eigenvalue weighted by molar-refractivity contribution is 5.87. The normalized spacial score (nSPS) is 12.5. The third-order valence-electron chi connectivity index (χ3n) is 4.86. The van der Waals surface area contributed by atoms with E-state index >= 15 is 0 Å². The Bertz CT molecular complexity index is 1110. The van der Waals surface area contributed by atoms with E-state index in [1.54, 1.807) is 6.07 Å². The summed E-state index contributed by atoms with van der Waals surface area (Å²) in [7, 11) is 0. The van der Waals surface area contributed by atoms with Crippen molar-refractivity contribution in [2.24, 2.45) is 5.73 Å². The van der Waals surface area contributed by atoms with Crippen LogP contribution in [0.3, 0.4) is 0 Å². The van der Waals surface area contributed by atoms with Gasteiger partial charge in [-0.15, -0.1) is 0 Å². The number of carbonyl (C=O) groups excluding carboxylic acids is 3. The second-order valence-electron chi connectivity index (χ2n) is 7.52. The van der Waals surface area contributed by atoms with Gasteiger partial charge in [-0.25, -0.2) is 4.79 Å². The highest BCUT2D eigenvalue weighted by Gasteiger charge is 2.21. The minimum Gasteiger partial charge on any atom is -0.445 e. The molecule has 3 aromatic rings. The summed E-state index contributed by atoms with van der Waals surface area (Å²) in [6, 6.07) is 19.3. The van der Waals surface area contributed by atoms with E-state index in [0.29, 0.717) is 5.69 Å². The predicted octanol–water partition coefficient (Wildman–Crippen LogP) is 1.42. The van der Waals surface area contributed by atoms with E-state index in [4.69, 9.17) is 10.5 Å². The number of aliphatic hydroxyl groups excluding tert-OH is 1. The molecule has 5 N–H and O–H groups in total. The Hall–Kier alpha value is -3.98. The summed E-state index contributed by atoms with van der Waals surface area (Å²) < 4.78 is 5.05. The summed E-state index contributed by atoms with van der Waals surface area (Å²) in [4.78, 5) is 40.4. The molecule has 0 saturated carbocycles. The smallest absolute Gasteiger partial charge is 0.407 e. The molecule has 2 atom stereocenters. The molecule has 3 rings (SSSR count). The molecule has 2 aromatic carbocycles. The van der Waals surface area contributed by atoms with Crippen molar-refractivity contribution in [2.75, 3.05) is 6.54 Å². The zero-order chi connectivity index (χ0) is 23.6. The van der Waals surface area contributed by atoms with Crippen LogP contribution in [0.1, 0.15) is 17.7 Å². The Kier molecular flexibility index (Phi) is 8.31. The first-order chi connectivity index (χ1) is 15.9. The van der Waals surface area contributed by atoms with Gasteiger partial charge in [0.25, 0.3) is 0 Å². The Balaban J connectivity index is 1.44. The van der Waals surface area contributed by atoms with Crippen LogP contribution in [-0.2, 0) is 27.4 Å². The number of rotatable bonds is 10. The maximum atomic E-state index is 12.3. The molecular weight excluding hydrogens is 424 g/mol. The number of ether oxygens (including phenoxy) is 1. The van der Waals surface area contributed by atoms with Gasteiger partial charge in [-0.05, 0) is 17.7 Å². The molecule has 1 aromatic heterocycles. The van der Waals surface area contributed by atoms with Gasteiger partial charge < -0.3 is 26.2 Å². The average Bonchev–Trinajstić information content (AvgIpc) is 2.81. The number of fused-ring (bicyclic) bond motifs is 1. The van der Waals surface area contributed by atoms with Crippen LogP contribution in [-0.4, -0.2) is 46.7 Å². The van der Waals surface area contributed by atoms with Crippen molar-refractivity contribution in [1.29, 1.82) is 0 Å².